The molecule has 1 atom stereocenters. The molecule has 3 aliphatic heterocycles. The van der Waals surface area contributed by atoms with Crippen LogP contribution in [0.2, 0.25) is 0 Å². The molecule has 298 valence electrons. The Hall–Kier alpha value is -5.26. The molecule has 0 N–H and O–H groups in total. The summed E-state index contributed by atoms with van der Waals surface area (Å²) >= 11 is 0. The quantitative estimate of drug-likeness (QED) is 0.139. The highest BCUT2D eigenvalue weighted by molar-refractivity contribution is 5.96. The molecule has 0 aliphatic carbocycles. The van der Waals surface area contributed by atoms with E-state index in [4.69, 9.17) is 28.9 Å². The average Bonchev–Trinajstić information content (AvgIpc) is 3.60. The summed E-state index contributed by atoms with van der Waals surface area (Å²) in [5.74, 6) is 1.70. The molecule has 3 aliphatic rings. The molecule has 2 amide bonds. The Morgan fingerprint density at radius 2 is 1.62 bits per heavy atom. The minimum absolute atomic E-state index is 0.233. The summed E-state index contributed by atoms with van der Waals surface area (Å²) in [6.45, 7) is 15.2. The highest BCUT2D eigenvalue weighted by atomic mass is 16.6. The Balaban J connectivity index is 1.14. The van der Waals surface area contributed by atoms with Gasteiger partial charge in [-0.05, 0) is 70.4 Å². The third-order valence-corrected chi connectivity index (χ3v) is 10.9. The second-order valence-electron chi connectivity index (χ2n) is 16.3. The average molecular weight is 765 g/mol. The van der Waals surface area contributed by atoms with Gasteiger partial charge in [0.25, 0.3) is 0 Å². The summed E-state index contributed by atoms with van der Waals surface area (Å²) in [6, 6.07) is 22.7. The number of anilines is 2. The van der Waals surface area contributed by atoms with E-state index in [9.17, 15) is 9.59 Å². The van der Waals surface area contributed by atoms with Crippen LogP contribution in [-0.4, -0.2) is 95.6 Å². The zero-order chi connectivity index (χ0) is 39.3. The molecule has 2 fully saturated rings. The van der Waals surface area contributed by atoms with Crippen LogP contribution < -0.4 is 19.3 Å². The number of carbonyl (C=O) groups excluding carboxylic acids is 2. The van der Waals surface area contributed by atoms with Gasteiger partial charge >= 0.3 is 18.2 Å². The fourth-order valence-electron chi connectivity index (χ4n) is 7.80. The molecular formula is C44H56N6O6. The van der Waals surface area contributed by atoms with Crippen LogP contribution in [0, 0.1) is 0 Å². The molecule has 4 heterocycles. The molecule has 0 unspecified atom stereocenters. The molecule has 56 heavy (non-hydrogen) atoms. The van der Waals surface area contributed by atoms with Crippen molar-refractivity contribution in [2.24, 2.45) is 0 Å². The van der Waals surface area contributed by atoms with E-state index in [1.165, 1.54) is 0 Å². The van der Waals surface area contributed by atoms with E-state index in [0.717, 1.165) is 83.5 Å². The van der Waals surface area contributed by atoms with Gasteiger partial charge in [0.2, 0.25) is 0 Å². The van der Waals surface area contributed by atoms with Gasteiger partial charge in [-0.2, -0.15) is 9.97 Å². The zero-order valence-corrected chi connectivity index (χ0v) is 33.6. The number of ether oxygens (including phenoxy) is 4. The summed E-state index contributed by atoms with van der Waals surface area (Å²) in [6.07, 6.45) is 3.80. The van der Waals surface area contributed by atoms with Crippen molar-refractivity contribution in [3.05, 3.63) is 83.6 Å². The summed E-state index contributed by atoms with van der Waals surface area (Å²) in [5, 5.41) is 2.30. The predicted octanol–water partition coefficient (Wildman–Crippen LogP) is 8.00. The summed E-state index contributed by atoms with van der Waals surface area (Å²) in [7, 11) is 0. The SMILES string of the molecule is CCCCOc1cc(N2CCc3c(nc(OC[C@]4(C)CCCN4C(=O)OC(C)(C)C)nc3N3CCN(C(=O)OCc4ccccc4)CC3)C2)c2ccccc2c1. The van der Waals surface area contributed by atoms with Crippen molar-refractivity contribution < 1.29 is 28.5 Å². The molecule has 12 nitrogen and oxygen atoms in total. The van der Waals surface area contributed by atoms with Crippen molar-refractivity contribution in [1.29, 1.82) is 0 Å². The molecule has 0 spiro atoms. The zero-order valence-electron chi connectivity index (χ0n) is 33.6. The number of benzene rings is 3. The fraction of sp³-hybridized carbons (Fsp3) is 0.500. The Morgan fingerprint density at radius 3 is 2.39 bits per heavy atom. The van der Waals surface area contributed by atoms with E-state index in [1.807, 2.05) is 58.0 Å². The van der Waals surface area contributed by atoms with Gasteiger partial charge in [0.15, 0.2) is 0 Å². The molecule has 2 saturated heterocycles. The third-order valence-electron chi connectivity index (χ3n) is 10.9. The van der Waals surface area contributed by atoms with Crippen molar-refractivity contribution in [3.63, 3.8) is 0 Å². The smallest absolute Gasteiger partial charge is 0.410 e. The number of unbranched alkanes of at least 4 members (excludes halogenated alkanes) is 1. The molecule has 1 aromatic heterocycles. The summed E-state index contributed by atoms with van der Waals surface area (Å²) < 4.78 is 24.1. The Labute approximate surface area is 330 Å². The topological polar surface area (TPSA) is 110 Å². The number of aromatic nitrogens is 2. The minimum Gasteiger partial charge on any atom is -0.493 e. The van der Waals surface area contributed by atoms with E-state index >= 15 is 0 Å². The van der Waals surface area contributed by atoms with Crippen molar-refractivity contribution >= 4 is 34.5 Å². The number of carbonyl (C=O) groups is 2. The Kier molecular flexibility index (Phi) is 11.7. The lowest BCUT2D eigenvalue weighted by Gasteiger charge is -2.38. The number of hydrogen-bond donors (Lipinski definition) is 0. The highest BCUT2D eigenvalue weighted by Crippen LogP contribution is 2.38. The predicted molar refractivity (Wildman–Crippen MR) is 218 cm³/mol. The number of rotatable bonds is 11. The van der Waals surface area contributed by atoms with E-state index in [2.05, 4.69) is 53.1 Å². The van der Waals surface area contributed by atoms with Crippen molar-refractivity contribution in [2.75, 3.05) is 62.3 Å². The van der Waals surface area contributed by atoms with Crippen LogP contribution in [-0.2, 0) is 29.0 Å². The number of piperazine rings is 1. The molecule has 12 heteroatoms. The first-order valence-corrected chi connectivity index (χ1v) is 20.1. The van der Waals surface area contributed by atoms with Crippen LogP contribution in [0.5, 0.6) is 11.8 Å². The number of fused-ring (bicyclic) bond motifs is 2. The van der Waals surface area contributed by atoms with Crippen molar-refractivity contribution in [3.8, 4) is 11.8 Å². The minimum atomic E-state index is -0.598. The van der Waals surface area contributed by atoms with Crippen molar-refractivity contribution in [1.82, 2.24) is 19.8 Å². The number of amides is 2. The Morgan fingerprint density at radius 1 is 0.857 bits per heavy atom. The first-order chi connectivity index (χ1) is 27.0. The van der Waals surface area contributed by atoms with E-state index in [1.54, 1.807) is 9.80 Å². The maximum atomic E-state index is 13.2. The third kappa shape index (κ3) is 9.06. The molecule has 0 radical (unpaired) electrons. The number of nitrogens with zero attached hydrogens (tertiary/aromatic N) is 6. The van der Waals surface area contributed by atoms with E-state index in [-0.39, 0.29) is 31.4 Å². The maximum Gasteiger partial charge on any atom is 0.410 e. The number of hydrogen-bond acceptors (Lipinski definition) is 10. The van der Waals surface area contributed by atoms with Gasteiger partial charge in [-0.25, -0.2) is 9.59 Å². The lowest BCUT2D eigenvalue weighted by molar-refractivity contribution is 0.00162. The normalized spacial score (nSPS) is 18.5. The van der Waals surface area contributed by atoms with Crippen LogP contribution in [0.4, 0.5) is 21.1 Å². The first kappa shape index (κ1) is 39.0. The standard InChI is InChI=1S/C44H56N6O6/c1-6-7-26-53-34-27-33-16-11-12-17-35(33)38(28-34)49-21-18-36-37(29-49)45-40(55-31-44(5)19-13-20-50(44)42(52)56-43(2,3)4)46-39(36)47-22-24-48(25-23-47)41(51)54-30-32-14-9-8-10-15-32/h8-12,14-17,27-28H,6-7,13,18-26,29-31H2,1-5H3/t44-/m0/s1. The molecule has 7 rings (SSSR count). The van der Waals surface area contributed by atoms with Gasteiger partial charge in [0.05, 0.1) is 24.4 Å². The van der Waals surface area contributed by atoms with Crippen molar-refractivity contribution in [2.45, 2.75) is 91.0 Å². The van der Waals surface area contributed by atoms with Crippen LogP contribution in [0.15, 0.2) is 66.7 Å². The maximum absolute atomic E-state index is 13.2. The van der Waals surface area contributed by atoms with Gasteiger partial charge < -0.3 is 33.6 Å². The van der Waals surface area contributed by atoms with Crippen LogP contribution in [0.1, 0.15) is 77.1 Å². The largest absolute Gasteiger partial charge is 0.493 e. The van der Waals surface area contributed by atoms with Crippen LogP contribution in [0.3, 0.4) is 0 Å². The second kappa shape index (κ2) is 16.9. The molecule has 4 aromatic rings. The lowest BCUT2D eigenvalue weighted by Crippen LogP contribution is -2.51. The second-order valence-corrected chi connectivity index (χ2v) is 16.3. The van der Waals surface area contributed by atoms with E-state index < -0.39 is 11.1 Å². The van der Waals surface area contributed by atoms with Crippen LogP contribution >= 0.6 is 0 Å². The first-order valence-electron chi connectivity index (χ1n) is 20.1. The summed E-state index contributed by atoms with van der Waals surface area (Å²) in [4.78, 5) is 44.6. The molecule has 0 saturated carbocycles. The molecule has 0 bridgehead atoms. The monoisotopic (exact) mass is 764 g/mol. The van der Waals surface area contributed by atoms with E-state index in [0.29, 0.717) is 45.9 Å². The van der Waals surface area contributed by atoms with Gasteiger partial charge in [0, 0.05) is 62.0 Å². The molecular weight excluding hydrogens is 709 g/mol. The summed E-state index contributed by atoms with van der Waals surface area (Å²) in [5.41, 5.74) is 2.89. The fourth-order valence-corrected chi connectivity index (χ4v) is 7.80. The number of likely N-dealkylation sites (tertiary alicyclic amines) is 1. The lowest BCUT2D eigenvalue weighted by atomic mass is 10.0. The van der Waals surface area contributed by atoms with Gasteiger partial charge in [-0.1, -0.05) is 67.9 Å². The van der Waals surface area contributed by atoms with Gasteiger partial charge in [-0.15, -0.1) is 0 Å². The highest BCUT2D eigenvalue weighted by Gasteiger charge is 2.43. The molecule has 3 aromatic carbocycles. The van der Waals surface area contributed by atoms with Gasteiger partial charge in [-0.3, -0.25) is 4.90 Å². The van der Waals surface area contributed by atoms with Gasteiger partial charge in [0.1, 0.15) is 30.4 Å². The Bertz CT molecular complexity index is 2000. The van der Waals surface area contributed by atoms with Crippen LogP contribution in [0.25, 0.3) is 10.8 Å².